The van der Waals surface area contributed by atoms with Gasteiger partial charge in [0, 0.05) is 32.0 Å². The van der Waals surface area contributed by atoms with Gasteiger partial charge in [-0.15, -0.1) is 0 Å². The van der Waals surface area contributed by atoms with Gasteiger partial charge in [0.15, 0.2) is 11.5 Å². The number of piperidine rings is 1. The van der Waals surface area contributed by atoms with Crippen LogP contribution in [0.5, 0.6) is 0 Å². The predicted octanol–water partition coefficient (Wildman–Crippen LogP) is 2.36. The Kier molecular flexibility index (Phi) is 4.01. The summed E-state index contributed by atoms with van der Waals surface area (Å²) in [5.74, 6) is 1.72. The van der Waals surface area contributed by atoms with Gasteiger partial charge in [-0.2, -0.15) is 0 Å². The maximum atomic E-state index is 4.66. The average molecular weight is 274 g/mol. The molecule has 0 radical (unpaired) electrons. The Morgan fingerprint density at radius 3 is 2.90 bits per heavy atom. The van der Waals surface area contributed by atoms with Crippen LogP contribution in [-0.2, 0) is 0 Å². The van der Waals surface area contributed by atoms with Crippen LogP contribution in [0.25, 0.3) is 5.65 Å². The van der Waals surface area contributed by atoms with Crippen molar-refractivity contribution in [1.29, 1.82) is 0 Å². The van der Waals surface area contributed by atoms with Crippen molar-refractivity contribution in [2.24, 2.45) is 0 Å². The van der Waals surface area contributed by atoms with Crippen molar-refractivity contribution >= 4 is 17.3 Å². The molecular formula is C14H22N6. The molecule has 20 heavy (non-hydrogen) atoms. The Balaban J connectivity index is 1.84. The van der Waals surface area contributed by atoms with E-state index in [1.807, 2.05) is 23.0 Å². The van der Waals surface area contributed by atoms with E-state index in [1.54, 1.807) is 0 Å². The number of anilines is 2. The van der Waals surface area contributed by atoms with Gasteiger partial charge >= 0.3 is 0 Å². The zero-order valence-electron chi connectivity index (χ0n) is 12.0. The van der Waals surface area contributed by atoms with Crippen LogP contribution in [0, 0.1) is 0 Å². The molecule has 6 nitrogen and oxygen atoms in total. The molecule has 2 aromatic rings. The second kappa shape index (κ2) is 6.09. The van der Waals surface area contributed by atoms with Crippen molar-refractivity contribution in [1.82, 2.24) is 19.4 Å². The molecule has 0 unspecified atom stereocenters. The molecule has 6 heteroatoms. The smallest absolute Gasteiger partial charge is 0.186 e. The zero-order chi connectivity index (χ0) is 13.8. The highest BCUT2D eigenvalue weighted by Gasteiger charge is 2.13. The fourth-order valence-electron chi connectivity index (χ4n) is 2.50. The van der Waals surface area contributed by atoms with Gasteiger partial charge in [-0.25, -0.2) is 15.0 Å². The van der Waals surface area contributed by atoms with Crippen molar-refractivity contribution in [2.75, 3.05) is 30.4 Å². The van der Waals surface area contributed by atoms with Crippen LogP contribution in [0.15, 0.2) is 18.6 Å². The highest BCUT2D eigenvalue weighted by molar-refractivity contribution is 5.64. The first kappa shape index (κ1) is 13.2. The van der Waals surface area contributed by atoms with Gasteiger partial charge in [0.05, 0.1) is 6.20 Å². The minimum absolute atomic E-state index is 0.831. The number of rotatable bonds is 5. The van der Waals surface area contributed by atoms with Gasteiger partial charge in [0.1, 0.15) is 5.82 Å². The summed E-state index contributed by atoms with van der Waals surface area (Å²) in [5.41, 5.74) is 4.30. The second-order valence-corrected chi connectivity index (χ2v) is 5.22. The summed E-state index contributed by atoms with van der Waals surface area (Å²) in [4.78, 5) is 9.05. The molecule has 0 aliphatic carbocycles. The number of nitrogens with one attached hydrogen (secondary N) is 2. The molecule has 108 valence electrons. The molecule has 0 spiro atoms. The van der Waals surface area contributed by atoms with E-state index >= 15 is 0 Å². The number of imidazole rings is 1. The molecule has 1 aliphatic rings. The van der Waals surface area contributed by atoms with Gasteiger partial charge in [-0.05, 0) is 19.3 Å². The first-order valence-electron chi connectivity index (χ1n) is 7.46. The Morgan fingerprint density at radius 2 is 2.10 bits per heavy atom. The minimum Gasteiger partial charge on any atom is -0.369 e. The van der Waals surface area contributed by atoms with E-state index in [2.05, 4.69) is 32.6 Å². The molecule has 3 heterocycles. The van der Waals surface area contributed by atoms with Crippen molar-refractivity contribution in [2.45, 2.75) is 32.6 Å². The number of nitrogens with zero attached hydrogens (tertiary/aromatic N) is 4. The maximum Gasteiger partial charge on any atom is 0.186 e. The van der Waals surface area contributed by atoms with Gasteiger partial charge < -0.3 is 9.72 Å². The summed E-state index contributed by atoms with van der Waals surface area (Å²) in [5, 5.41) is 5.58. The Labute approximate surface area is 119 Å². The SMILES string of the molecule is CCCNc1cn2ccnc2c(NN2CCCCC2)n1. The first-order chi connectivity index (χ1) is 9.86. The summed E-state index contributed by atoms with van der Waals surface area (Å²) in [6, 6.07) is 0. The van der Waals surface area contributed by atoms with Gasteiger partial charge in [-0.1, -0.05) is 13.3 Å². The molecule has 2 N–H and O–H groups in total. The summed E-state index contributed by atoms with van der Waals surface area (Å²) in [7, 11) is 0. The van der Waals surface area contributed by atoms with Crippen LogP contribution in [0.4, 0.5) is 11.6 Å². The predicted molar refractivity (Wildman–Crippen MR) is 80.8 cm³/mol. The number of hydrogen-bond donors (Lipinski definition) is 2. The molecule has 0 atom stereocenters. The third-order valence-electron chi connectivity index (χ3n) is 3.55. The normalized spacial score (nSPS) is 16.4. The molecule has 0 bridgehead atoms. The zero-order valence-corrected chi connectivity index (χ0v) is 12.0. The molecular weight excluding hydrogens is 252 g/mol. The number of hydrogen-bond acceptors (Lipinski definition) is 5. The quantitative estimate of drug-likeness (QED) is 0.876. The topological polar surface area (TPSA) is 57.5 Å². The van der Waals surface area contributed by atoms with Gasteiger partial charge in [0.25, 0.3) is 0 Å². The van der Waals surface area contributed by atoms with Gasteiger partial charge in [0.2, 0.25) is 0 Å². The van der Waals surface area contributed by atoms with Crippen LogP contribution < -0.4 is 10.7 Å². The van der Waals surface area contributed by atoms with E-state index in [0.29, 0.717) is 0 Å². The Bertz CT molecular complexity index is 558. The Morgan fingerprint density at radius 1 is 1.25 bits per heavy atom. The lowest BCUT2D eigenvalue weighted by atomic mass is 10.2. The fourth-order valence-corrected chi connectivity index (χ4v) is 2.50. The first-order valence-corrected chi connectivity index (χ1v) is 7.46. The highest BCUT2D eigenvalue weighted by Crippen LogP contribution is 2.18. The number of aromatic nitrogens is 3. The third kappa shape index (κ3) is 2.85. The molecule has 1 aliphatic heterocycles. The number of fused-ring (bicyclic) bond motifs is 1. The molecule has 0 amide bonds. The fraction of sp³-hybridized carbons (Fsp3) is 0.571. The van der Waals surface area contributed by atoms with Crippen molar-refractivity contribution in [3.05, 3.63) is 18.6 Å². The third-order valence-corrected chi connectivity index (χ3v) is 3.55. The lowest BCUT2D eigenvalue weighted by Crippen LogP contribution is -2.35. The summed E-state index contributed by atoms with van der Waals surface area (Å²) in [6.45, 7) is 5.22. The van der Waals surface area contributed by atoms with Crippen LogP contribution in [-0.4, -0.2) is 39.0 Å². The van der Waals surface area contributed by atoms with Crippen LogP contribution in [0.2, 0.25) is 0 Å². The summed E-state index contributed by atoms with van der Waals surface area (Å²) < 4.78 is 2.01. The van der Waals surface area contributed by atoms with Crippen LogP contribution >= 0.6 is 0 Å². The van der Waals surface area contributed by atoms with E-state index in [0.717, 1.165) is 43.3 Å². The van der Waals surface area contributed by atoms with E-state index < -0.39 is 0 Å². The Hall–Kier alpha value is -1.82. The van der Waals surface area contributed by atoms with E-state index in [9.17, 15) is 0 Å². The van der Waals surface area contributed by atoms with E-state index in [-0.39, 0.29) is 0 Å². The lowest BCUT2D eigenvalue weighted by Gasteiger charge is -2.27. The molecule has 0 saturated carbocycles. The van der Waals surface area contributed by atoms with Gasteiger partial charge in [-0.3, -0.25) is 5.43 Å². The van der Waals surface area contributed by atoms with E-state index in [4.69, 9.17) is 0 Å². The standard InChI is InChI=1S/C14H22N6/c1-2-6-15-12-11-19-10-7-16-14(19)13(17-12)18-20-8-4-3-5-9-20/h7,10-11,15H,2-6,8-9H2,1H3,(H,17,18). The van der Waals surface area contributed by atoms with Crippen LogP contribution in [0.1, 0.15) is 32.6 Å². The van der Waals surface area contributed by atoms with Crippen molar-refractivity contribution in [3.8, 4) is 0 Å². The maximum absolute atomic E-state index is 4.66. The number of hydrazine groups is 1. The average Bonchev–Trinajstić information content (AvgIpc) is 2.95. The molecule has 3 rings (SSSR count). The minimum atomic E-state index is 0.831. The van der Waals surface area contributed by atoms with Crippen molar-refractivity contribution in [3.63, 3.8) is 0 Å². The molecule has 2 aromatic heterocycles. The summed E-state index contributed by atoms with van der Waals surface area (Å²) >= 11 is 0. The van der Waals surface area contributed by atoms with Crippen molar-refractivity contribution < 1.29 is 0 Å². The largest absolute Gasteiger partial charge is 0.369 e. The van der Waals surface area contributed by atoms with E-state index in [1.165, 1.54) is 19.3 Å². The molecule has 1 saturated heterocycles. The molecule has 0 aromatic carbocycles. The van der Waals surface area contributed by atoms with Crippen LogP contribution in [0.3, 0.4) is 0 Å². The summed E-state index contributed by atoms with van der Waals surface area (Å²) in [6.07, 6.45) is 10.6. The lowest BCUT2D eigenvalue weighted by molar-refractivity contribution is 0.272. The second-order valence-electron chi connectivity index (χ2n) is 5.22. The highest BCUT2D eigenvalue weighted by atomic mass is 15.5. The monoisotopic (exact) mass is 274 g/mol. The molecule has 1 fully saturated rings.